The van der Waals surface area contributed by atoms with Crippen LogP contribution in [0.2, 0.25) is 0 Å². The van der Waals surface area contributed by atoms with Crippen LogP contribution in [-0.2, 0) is 6.54 Å². The molecular weight excluding hydrogens is 340 g/mol. The molecule has 0 atom stereocenters. The molecule has 1 aliphatic rings. The lowest BCUT2D eigenvalue weighted by molar-refractivity contribution is 0.0599. The number of carbonyl (C=O) groups excluding carboxylic acids is 1. The lowest BCUT2D eigenvalue weighted by atomic mass is 10.2. The minimum Gasteiger partial charge on any atom is -0.451 e. The number of nitrogens with zero attached hydrogens (tertiary/aromatic N) is 4. The molecule has 0 unspecified atom stereocenters. The summed E-state index contributed by atoms with van der Waals surface area (Å²) in [6.07, 6.45) is 4.08. The van der Waals surface area contributed by atoms with E-state index in [9.17, 15) is 4.79 Å². The number of para-hydroxylation sites is 1. The van der Waals surface area contributed by atoms with Gasteiger partial charge in [-0.15, -0.1) is 0 Å². The fourth-order valence-electron chi connectivity index (χ4n) is 3.64. The second-order valence-corrected chi connectivity index (χ2v) is 6.92. The van der Waals surface area contributed by atoms with Crippen molar-refractivity contribution in [3.8, 4) is 0 Å². The molecule has 0 bridgehead atoms. The highest BCUT2D eigenvalue weighted by atomic mass is 16.3. The van der Waals surface area contributed by atoms with Gasteiger partial charge in [-0.25, -0.2) is 4.98 Å². The zero-order chi connectivity index (χ0) is 18.2. The van der Waals surface area contributed by atoms with E-state index < -0.39 is 0 Å². The van der Waals surface area contributed by atoms with Crippen LogP contribution in [0.3, 0.4) is 0 Å². The van der Waals surface area contributed by atoms with Crippen molar-refractivity contribution < 1.29 is 9.21 Å². The highest BCUT2D eigenvalue weighted by molar-refractivity contribution is 5.96. The Labute approximate surface area is 156 Å². The first kappa shape index (κ1) is 16.1. The molecule has 4 aromatic rings. The average Bonchev–Trinajstić information content (AvgIpc) is 3.31. The van der Waals surface area contributed by atoms with Gasteiger partial charge in [0.2, 0.25) is 0 Å². The number of imidazole rings is 1. The molecule has 1 fully saturated rings. The van der Waals surface area contributed by atoms with E-state index in [0.717, 1.165) is 41.9 Å². The smallest absolute Gasteiger partial charge is 0.289 e. The van der Waals surface area contributed by atoms with Gasteiger partial charge in [-0.2, -0.15) is 0 Å². The lowest BCUT2D eigenvalue weighted by Gasteiger charge is -2.33. The van der Waals surface area contributed by atoms with E-state index in [1.807, 2.05) is 64.0 Å². The quantitative estimate of drug-likeness (QED) is 0.564. The Morgan fingerprint density at radius 1 is 1.04 bits per heavy atom. The fraction of sp³-hybridized carbons (Fsp3) is 0.238. The third-order valence-electron chi connectivity index (χ3n) is 5.10. The number of pyridine rings is 1. The second-order valence-electron chi connectivity index (χ2n) is 6.92. The monoisotopic (exact) mass is 360 g/mol. The van der Waals surface area contributed by atoms with Crippen molar-refractivity contribution in [2.45, 2.75) is 6.54 Å². The molecule has 4 heterocycles. The summed E-state index contributed by atoms with van der Waals surface area (Å²) in [4.78, 5) is 21.6. The molecule has 3 aromatic heterocycles. The maximum absolute atomic E-state index is 12.7. The first-order valence-electron chi connectivity index (χ1n) is 9.19. The van der Waals surface area contributed by atoms with E-state index in [1.54, 1.807) is 0 Å². The van der Waals surface area contributed by atoms with Crippen molar-refractivity contribution in [2.75, 3.05) is 26.2 Å². The molecule has 0 aliphatic carbocycles. The Morgan fingerprint density at radius 2 is 1.85 bits per heavy atom. The Balaban J connectivity index is 1.23. The topological polar surface area (TPSA) is 54.0 Å². The van der Waals surface area contributed by atoms with Gasteiger partial charge < -0.3 is 13.7 Å². The van der Waals surface area contributed by atoms with Gasteiger partial charge in [0.25, 0.3) is 5.91 Å². The molecule has 136 valence electrons. The SMILES string of the molecule is O=C(c1cc2ccccc2o1)N1CCN(Cc2cn3ccccc3n2)CC1. The summed E-state index contributed by atoms with van der Waals surface area (Å²) in [5, 5.41) is 0.964. The third kappa shape index (κ3) is 3.08. The molecule has 0 N–H and O–H groups in total. The van der Waals surface area contributed by atoms with Crippen LogP contribution in [-0.4, -0.2) is 51.3 Å². The molecule has 1 aromatic carbocycles. The van der Waals surface area contributed by atoms with Crippen LogP contribution in [0.25, 0.3) is 16.6 Å². The molecule has 6 heteroatoms. The van der Waals surface area contributed by atoms with Gasteiger partial charge in [-0.05, 0) is 24.3 Å². The molecule has 0 saturated carbocycles. The van der Waals surface area contributed by atoms with Crippen molar-refractivity contribution in [3.63, 3.8) is 0 Å². The molecule has 1 amide bonds. The summed E-state index contributed by atoms with van der Waals surface area (Å²) in [5.74, 6) is 0.392. The van der Waals surface area contributed by atoms with Gasteiger partial charge in [-0.1, -0.05) is 24.3 Å². The van der Waals surface area contributed by atoms with Gasteiger partial charge in [0.05, 0.1) is 5.69 Å². The van der Waals surface area contributed by atoms with Crippen molar-refractivity contribution >= 4 is 22.5 Å². The predicted octanol–water partition coefficient (Wildman–Crippen LogP) is 3.04. The van der Waals surface area contributed by atoms with Crippen molar-refractivity contribution in [1.82, 2.24) is 19.2 Å². The maximum Gasteiger partial charge on any atom is 0.289 e. The van der Waals surface area contributed by atoms with E-state index in [0.29, 0.717) is 18.8 Å². The zero-order valence-corrected chi connectivity index (χ0v) is 14.9. The Kier molecular flexibility index (Phi) is 3.90. The third-order valence-corrected chi connectivity index (χ3v) is 5.10. The van der Waals surface area contributed by atoms with Crippen molar-refractivity contribution in [2.24, 2.45) is 0 Å². The highest BCUT2D eigenvalue weighted by Crippen LogP contribution is 2.21. The highest BCUT2D eigenvalue weighted by Gasteiger charge is 2.24. The van der Waals surface area contributed by atoms with Crippen LogP contribution in [0, 0.1) is 0 Å². The molecule has 1 saturated heterocycles. The number of fused-ring (bicyclic) bond motifs is 2. The first-order valence-corrected chi connectivity index (χ1v) is 9.19. The van der Waals surface area contributed by atoms with E-state index in [-0.39, 0.29) is 5.91 Å². The number of carbonyl (C=O) groups is 1. The number of rotatable bonds is 3. The first-order chi connectivity index (χ1) is 13.3. The minimum absolute atomic E-state index is 0.0291. The number of piperazine rings is 1. The van der Waals surface area contributed by atoms with E-state index in [2.05, 4.69) is 16.1 Å². The lowest BCUT2D eigenvalue weighted by Crippen LogP contribution is -2.48. The molecule has 6 nitrogen and oxygen atoms in total. The molecular formula is C21H20N4O2. The van der Waals surface area contributed by atoms with Gasteiger partial charge in [0.15, 0.2) is 5.76 Å². The summed E-state index contributed by atoms with van der Waals surface area (Å²) in [7, 11) is 0. The Morgan fingerprint density at radius 3 is 2.67 bits per heavy atom. The summed E-state index contributed by atoms with van der Waals surface area (Å²) in [6.45, 7) is 3.86. The van der Waals surface area contributed by atoms with Gasteiger partial charge in [0.1, 0.15) is 11.2 Å². The van der Waals surface area contributed by atoms with Crippen molar-refractivity contribution in [3.05, 3.63) is 72.4 Å². The number of furan rings is 1. The van der Waals surface area contributed by atoms with Crippen LogP contribution in [0.4, 0.5) is 0 Å². The number of hydrogen-bond acceptors (Lipinski definition) is 4. The summed E-state index contributed by atoms with van der Waals surface area (Å²) in [5.41, 5.74) is 2.77. The van der Waals surface area contributed by atoms with Crippen LogP contribution in [0.1, 0.15) is 16.2 Å². The average molecular weight is 360 g/mol. The molecule has 0 spiro atoms. The standard InChI is InChI=1S/C21H20N4O2/c26-21(19-13-16-5-1-2-6-18(16)27-19)24-11-9-23(10-12-24)14-17-15-25-8-4-3-7-20(25)22-17/h1-8,13,15H,9-12,14H2. The maximum atomic E-state index is 12.7. The summed E-state index contributed by atoms with van der Waals surface area (Å²) < 4.78 is 7.76. The van der Waals surface area contributed by atoms with Crippen LogP contribution < -0.4 is 0 Å². The summed E-state index contributed by atoms with van der Waals surface area (Å²) >= 11 is 0. The number of hydrogen-bond donors (Lipinski definition) is 0. The van der Waals surface area contributed by atoms with Crippen LogP contribution in [0.15, 0.2) is 65.3 Å². The largest absolute Gasteiger partial charge is 0.451 e. The number of benzene rings is 1. The minimum atomic E-state index is -0.0291. The Bertz CT molecular complexity index is 1040. The molecule has 0 radical (unpaired) electrons. The summed E-state index contributed by atoms with van der Waals surface area (Å²) in [6, 6.07) is 15.5. The van der Waals surface area contributed by atoms with E-state index in [4.69, 9.17) is 4.42 Å². The number of amides is 1. The van der Waals surface area contributed by atoms with E-state index >= 15 is 0 Å². The van der Waals surface area contributed by atoms with Crippen molar-refractivity contribution in [1.29, 1.82) is 0 Å². The van der Waals surface area contributed by atoms with E-state index in [1.165, 1.54) is 0 Å². The fourth-order valence-corrected chi connectivity index (χ4v) is 3.64. The van der Waals surface area contributed by atoms with Gasteiger partial charge in [0, 0.05) is 50.5 Å². The zero-order valence-electron chi connectivity index (χ0n) is 14.9. The molecule has 5 rings (SSSR count). The van der Waals surface area contributed by atoms with Gasteiger partial charge >= 0.3 is 0 Å². The molecule has 27 heavy (non-hydrogen) atoms. The number of aromatic nitrogens is 2. The van der Waals surface area contributed by atoms with Crippen LogP contribution >= 0.6 is 0 Å². The predicted molar refractivity (Wildman–Crippen MR) is 103 cm³/mol. The Hall–Kier alpha value is -3.12. The molecule has 1 aliphatic heterocycles. The second kappa shape index (κ2) is 6.55. The van der Waals surface area contributed by atoms with Gasteiger partial charge in [-0.3, -0.25) is 9.69 Å². The normalized spacial score (nSPS) is 15.6. The van der Waals surface area contributed by atoms with Crippen LogP contribution in [0.5, 0.6) is 0 Å².